The van der Waals surface area contributed by atoms with Crippen molar-refractivity contribution >= 4 is 27.2 Å². The molecule has 0 amide bonds. The molecule has 0 atom stereocenters. The molecule has 2 N–H and O–H groups in total. The van der Waals surface area contributed by atoms with Gasteiger partial charge in [0.1, 0.15) is 10.8 Å². The van der Waals surface area contributed by atoms with Gasteiger partial charge in [0.25, 0.3) is 0 Å². The average molecular weight is 256 g/mol. The standard InChI is InChI=1S/C14H12N2OS/c1-15-11-5-3-2-4-10(11)14-16-12-7-6-9(17)8-13(12)18-14/h2-8,15,17H,1H3. The Morgan fingerprint density at radius 2 is 2.00 bits per heavy atom. The van der Waals surface area contributed by atoms with Crippen LogP contribution in [0.1, 0.15) is 0 Å². The van der Waals surface area contributed by atoms with E-state index in [0.717, 1.165) is 26.5 Å². The first-order valence-electron chi connectivity index (χ1n) is 5.64. The van der Waals surface area contributed by atoms with Crippen LogP contribution in [-0.2, 0) is 0 Å². The van der Waals surface area contributed by atoms with E-state index in [1.807, 2.05) is 37.4 Å². The number of phenols is 1. The van der Waals surface area contributed by atoms with Gasteiger partial charge in [-0.1, -0.05) is 12.1 Å². The monoisotopic (exact) mass is 256 g/mol. The van der Waals surface area contributed by atoms with E-state index in [2.05, 4.69) is 10.3 Å². The number of benzene rings is 2. The normalized spacial score (nSPS) is 10.7. The fraction of sp³-hybridized carbons (Fsp3) is 0.0714. The van der Waals surface area contributed by atoms with Gasteiger partial charge in [-0.2, -0.15) is 0 Å². The van der Waals surface area contributed by atoms with E-state index in [1.54, 1.807) is 23.5 Å². The Labute approximate surface area is 109 Å². The third kappa shape index (κ3) is 1.80. The molecule has 1 aromatic heterocycles. The van der Waals surface area contributed by atoms with Gasteiger partial charge in [0, 0.05) is 18.3 Å². The molecule has 0 unspecified atom stereocenters. The van der Waals surface area contributed by atoms with Crippen molar-refractivity contribution in [1.82, 2.24) is 4.98 Å². The number of hydrogen-bond acceptors (Lipinski definition) is 4. The van der Waals surface area contributed by atoms with E-state index in [9.17, 15) is 5.11 Å². The molecule has 3 nitrogen and oxygen atoms in total. The Morgan fingerprint density at radius 1 is 1.17 bits per heavy atom. The van der Waals surface area contributed by atoms with Crippen LogP contribution in [-0.4, -0.2) is 17.1 Å². The number of nitrogens with one attached hydrogen (secondary N) is 1. The highest BCUT2D eigenvalue weighted by molar-refractivity contribution is 7.21. The van der Waals surface area contributed by atoms with Crippen molar-refractivity contribution in [3.63, 3.8) is 0 Å². The minimum Gasteiger partial charge on any atom is -0.508 e. The lowest BCUT2D eigenvalue weighted by Gasteiger charge is -2.04. The van der Waals surface area contributed by atoms with Crippen LogP contribution in [0.25, 0.3) is 20.8 Å². The summed E-state index contributed by atoms with van der Waals surface area (Å²) >= 11 is 1.58. The molecule has 3 rings (SSSR count). The van der Waals surface area contributed by atoms with Crippen molar-refractivity contribution < 1.29 is 5.11 Å². The van der Waals surface area contributed by atoms with Crippen molar-refractivity contribution in [2.75, 3.05) is 12.4 Å². The van der Waals surface area contributed by atoms with Gasteiger partial charge in [-0.3, -0.25) is 0 Å². The van der Waals surface area contributed by atoms with Crippen molar-refractivity contribution in [2.24, 2.45) is 0 Å². The topological polar surface area (TPSA) is 45.2 Å². The van der Waals surface area contributed by atoms with Crippen LogP contribution in [0, 0.1) is 0 Å². The number of aromatic hydroxyl groups is 1. The summed E-state index contributed by atoms with van der Waals surface area (Å²) in [5, 5.41) is 13.6. The van der Waals surface area contributed by atoms with Crippen molar-refractivity contribution in [3.8, 4) is 16.3 Å². The summed E-state index contributed by atoms with van der Waals surface area (Å²) in [6, 6.07) is 13.3. The maximum absolute atomic E-state index is 9.48. The highest BCUT2D eigenvalue weighted by Gasteiger charge is 2.09. The molecule has 2 aromatic carbocycles. The fourth-order valence-electron chi connectivity index (χ4n) is 1.92. The molecule has 0 spiro atoms. The number of aromatic nitrogens is 1. The van der Waals surface area contributed by atoms with Gasteiger partial charge < -0.3 is 10.4 Å². The second-order valence-electron chi connectivity index (χ2n) is 3.97. The molecular formula is C14H12N2OS. The minimum absolute atomic E-state index is 0.277. The van der Waals surface area contributed by atoms with Crippen molar-refractivity contribution in [3.05, 3.63) is 42.5 Å². The molecule has 0 saturated heterocycles. The van der Waals surface area contributed by atoms with Gasteiger partial charge in [0.15, 0.2) is 0 Å². The lowest BCUT2D eigenvalue weighted by atomic mass is 10.2. The zero-order valence-electron chi connectivity index (χ0n) is 9.84. The van der Waals surface area contributed by atoms with E-state index in [1.165, 1.54) is 0 Å². The molecule has 0 aliphatic rings. The smallest absolute Gasteiger partial charge is 0.126 e. The summed E-state index contributed by atoms with van der Waals surface area (Å²) in [6.07, 6.45) is 0. The van der Waals surface area contributed by atoms with Gasteiger partial charge in [-0.15, -0.1) is 11.3 Å². The first-order chi connectivity index (χ1) is 8.78. The van der Waals surface area contributed by atoms with Crippen LogP contribution in [0.2, 0.25) is 0 Å². The van der Waals surface area contributed by atoms with Crippen molar-refractivity contribution in [2.45, 2.75) is 0 Å². The third-order valence-corrected chi connectivity index (χ3v) is 3.85. The van der Waals surface area contributed by atoms with E-state index >= 15 is 0 Å². The SMILES string of the molecule is CNc1ccccc1-c1nc2ccc(O)cc2s1. The molecule has 0 bridgehead atoms. The van der Waals surface area contributed by atoms with Gasteiger partial charge in [0.05, 0.1) is 10.2 Å². The van der Waals surface area contributed by atoms with Gasteiger partial charge in [-0.25, -0.2) is 4.98 Å². The number of anilines is 1. The number of nitrogens with zero attached hydrogens (tertiary/aromatic N) is 1. The Bertz CT molecular complexity index is 706. The van der Waals surface area contributed by atoms with E-state index in [4.69, 9.17) is 0 Å². The van der Waals surface area contributed by atoms with Crippen LogP contribution in [0.15, 0.2) is 42.5 Å². The van der Waals surface area contributed by atoms with Crippen LogP contribution in [0.3, 0.4) is 0 Å². The van der Waals surface area contributed by atoms with Crippen LogP contribution in [0.4, 0.5) is 5.69 Å². The molecule has 90 valence electrons. The van der Waals surface area contributed by atoms with Crippen LogP contribution >= 0.6 is 11.3 Å². The van der Waals surface area contributed by atoms with Crippen LogP contribution < -0.4 is 5.32 Å². The largest absolute Gasteiger partial charge is 0.508 e. The molecular weight excluding hydrogens is 244 g/mol. The number of fused-ring (bicyclic) bond motifs is 1. The Morgan fingerprint density at radius 3 is 2.83 bits per heavy atom. The molecule has 4 heteroatoms. The molecule has 0 radical (unpaired) electrons. The maximum atomic E-state index is 9.48. The fourth-order valence-corrected chi connectivity index (χ4v) is 2.95. The van der Waals surface area contributed by atoms with E-state index in [0.29, 0.717) is 0 Å². The number of rotatable bonds is 2. The Kier molecular flexibility index (Phi) is 2.64. The molecule has 0 saturated carbocycles. The summed E-state index contributed by atoms with van der Waals surface area (Å²) in [7, 11) is 1.90. The van der Waals surface area contributed by atoms with E-state index < -0.39 is 0 Å². The molecule has 3 aromatic rings. The summed E-state index contributed by atoms with van der Waals surface area (Å²) in [5.74, 6) is 0.277. The summed E-state index contributed by atoms with van der Waals surface area (Å²) < 4.78 is 0.996. The molecule has 1 heterocycles. The van der Waals surface area contributed by atoms with Crippen molar-refractivity contribution in [1.29, 1.82) is 0 Å². The minimum atomic E-state index is 0.277. The summed E-state index contributed by atoms with van der Waals surface area (Å²) in [5.41, 5.74) is 3.06. The lowest BCUT2D eigenvalue weighted by Crippen LogP contribution is -1.90. The van der Waals surface area contributed by atoms with E-state index in [-0.39, 0.29) is 5.75 Å². The first-order valence-corrected chi connectivity index (χ1v) is 6.46. The Hall–Kier alpha value is -2.07. The maximum Gasteiger partial charge on any atom is 0.126 e. The molecule has 0 aliphatic heterocycles. The average Bonchev–Trinajstić information content (AvgIpc) is 2.81. The zero-order valence-corrected chi connectivity index (χ0v) is 10.7. The van der Waals surface area contributed by atoms with Gasteiger partial charge in [-0.05, 0) is 30.3 Å². The van der Waals surface area contributed by atoms with Gasteiger partial charge in [0.2, 0.25) is 0 Å². The highest BCUT2D eigenvalue weighted by atomic mass is 32.1. The highest BCUT2D eigenvalue weighted by Crippen LogP contribution is 2.35. The quantitative estimate of drug-likeness (QED) is 0.734. The number of para-hydroxylation sites is 1. The number of hydrogen-bond donors (Lipinski definition) is 2. The number of thiazole rings is 1. The van der Waals surface area contributed by atoms with Crippen LogP contribution in [0.5, 0.6) is 5.75 Å². The summed E-state index contributed by atoms with van der Waals surface area (Å²) in [6.45, 7) is 0. The second-order valence-corrected chi connectivity index (χ2v) is 5.00. The molecule has 18 heavy (non-hydrogen) atoms. The second kappa shape index (κ2) is 4.31. The predicted octanol–water partition coefficient (Wildman–Crippen LogP) is 3.71. The Balaban J connectivity index is 2.19. The third-order valence-electron chi connectivity index (χ3n) is 2.80. The summed E-state index contributed by atoms with van der Waals surface area (Å²) in [4.78, 5) is 4.60. The van der Waals surface area contributed by atoms with Gasteiger partial charge >= 0.3 is 0 Å². The number of phenolic OH excluding ortho intramolecular Hbond substituents is 1. The molecule has 0 fully saturated rings. The molecule has 0 aliphatic carbocycles. The predicted molar refractivity (Wildman–Crippen MR) is 76.3 cm³/mol. The first kappa shape index (κ1) is 11.0. The lowest BCUT2D eigenvalue weighted by molar-refractivity contribution is 0.476. The zero-order chi connectivity index (χ0) is 12.5.